The first kappa shape index (κ1) is 16.5. The number of halogens is 3. The number of anilines is 1. The number of carbonyl (C=O) groups is 2. The number of amides is 2. The SMILES string of the molecule is O=C(CC(=O)Nc1ccccc1-n1ccnc1)NCC(F)(F)F. The summed E-state index contributed by atoms with van der Waals surface area (Å²) in [4.78, 5) is 27.0. The second-order valence-electron chi connectivity index (χ2n) is 4.60. The summed E-state index contributed by atoms with van der Waals surface area (Å²) < 4.78 is 37.6. The van der Waals surface area contributed by atoms with Crippen molar-refractivity contribution in [1.82, 2.24) is 14.9 Å². The molecule has 1 heterocycles. The Balaban J connectivity index is 1.97. The summed E-state index contributed by atoms with van der Waals surface area (Å²) in [6, 6.07) is 6.77. The van der Waals surface area contributed by atoms with E-state index in [4.69, 9.17) is 0 Å². The molecule has 0 saturated carbocycles. The number of para-hydroxylation sites is 2. The highest BCUT2D eigenvalue weighted by Crippen LogP contribution is 2.19. The number of carbonyl (C=O) groups excluding carboxylic acids is 2. The maximum atomic E-state index is 12.0. The molecule has 0 spiro atoms. The summed E-state index contributed by atoms with van der Waals surface area (Å²) >= 11 is 0. The maximum Gasteiger partial charge on any atom is 0.405 e. The zero-order chi connectivity index (χ0) is 16.9. The number of benzene rings is 1. The van der Waals surface area contributed by atoms with Crippen molar-refractivity contribution in [1.29, 1.82) is 0 Å². The molecular formula is C14H13F3N4O2. The lowest BCUT2D eigenvalue weighted by Gasteiger charge is -2.12. The van der Waals surface area contributed by atoms with Gasteiger partial charge in [-0.3, -0.25) is 9.59 Å². The van der Waals surface area contributed by atoms with Gasteiger partial charge in [-0.25, -0.2) is 4.98 Å². The van der Waals surface area contributed by atoms with Crippen LogP contribution in [0, 0.1) is 0 Å². The molecule has 2 aromatic rings. The molecule has 0 aliphatic carbocycles. The van der Waals surface area contributed by atoms with Gasteiger partial charge in [0.1, 0.15) is 13.0 Å². The molecule has 0 aliphatic rings. The van der Waals surface area contributed by atoms with Crippen molar-refractivity contribution in [3.8, 4) is 5.69 Å². The Morgan fingerprint density at radius 1 is 1.17 bits per heavy atom. The van der Waals surface area contributed by atoms with E-state index in [1.54, 1.807) is 46.5 Å². The first-order chi connectivity index (χ1) is 10.8. The highest BCUT2D eigenvalue weighted by atomic mass is 19.4. The van der Waals surface area contributed by atoms with E-state index in [0.717, 1.165) is 0 Å². The van der Waals surface area contributed by atoms with Crippen molar-refractivity contribution in [2.75, 3.05) is 11.9 Å². The molecule has 0 aliphatic heterocycles. The minimum absolute atomic E-state index is 0.416. The molecule has 6 nitrogen and oxygen atoms in total. The average Bonchev–Trinajstić information content (AvgIpc) is 2.99. The summed E-state index contributed by atoms with van der Waals surface area (Å²) in [5.41, 5.74) is 1.04. The molecule has 0 fully saturated rings. The summed E-state index contributed by atoms with van der Waals surface area (Å²) in [5.74, 6) is -1.71. The Hall–Kier alpha value is -2.84. The summed E-state index contributed by atoms with van der Waals surface area (Å²) in [6.45, 7) is -1.47. The lowest BCUT2D eigenvalue weighted by atomic mass is 10.2. The molecule has 23 heavy (non-hydrogen) atoms. The number of nitrogens with zero attached hydrogens (tertiary/aromatic N) is 2. The summed E-state index contributed by atoms with van der Waals surface area (Å²) in [7, 11) is 0. The smallest absolute Gasteiger partial charge is 0.347 e. The summed E-state index contributed by atoms with van der Waals surface area (Å²) in [6.07, 6.45) is -0.459. The molecule has 1 aromatic carbocycles. The number of hydrogen-bond donors (Lipinski definition) is 2. The van der Waals surface area contributed by atoms with Crippen LogP contribution in [0.25, 0.3) is 5.69 Å². The Labute approximate surface area is 129 Å². The lowest BCUT2D eigenvalue weighted by molar-refractivity contribution is -0.140. The van der Waals surface area contributed by atoms with Crippen molar-refractivity contribution < 1.29 is 22.8 Å². The van der Waals surface area contributed by atoms with Crippen LogP contribution in [-0.2, 0) is 9.59 Å². The lowest BCUT2D eigenvalue weighted by Crippen LogP contribution is -2.35. The largest absolute Gasteiger partial charge is 0.405 e. The highest BCUT2D eigenvalue weighted by molar-refractivity contribution is 6.04. The fourth-order valence-electron chi connectivity index (χ4n) is 1.81. The molecule has 0 radical (unpaired) electrons. The third-order valence-corrected chi connectivity index (χ3v) is 2.77. The standard InChI is InChI=1S/C14H13F3N4O2/c15-14(16,17)8-19-12(22)7-13(23)20-10-3-1-2-4-11(10)21-6-5-18-9-21/h1-6,9H,7-8H2,(H,19,22)(H,20,23). The highest BCUT2D eigenvalue weighted by Gasteiger charge is 2.28. The van der Waals surface area contributed by atoms with Crippen LogP contribution in [0.4, 0.5) is 18.9 Å². The summed E-state index contributed by atoms with van der Waals surface area (Å²) in [5, 5.41) is 4.14. The van der Waals surface area contributed by atoms with Crippen molar-refractivity contribution in [3.63, 3.8) is 0 Å². The maximum absolute atomic E-state index is 12.0. The Kier molecular flexibility index (Phi) is 4.99. The third kappa shape index (κ3) is 5.13. The van der Waals surface area contributed by atoms with E-state index in [2.05, 4.69) is 10.3 Å². The van der Waals surface area contributed by atoms with E-state index in [1.165, 1.54) is 6.33 Å². The van der Waals surface area contributed by atoms with Gasteiger partial charge in [0.25, 0.3) is 0 Å². The van der Waals surface area contributed by atoms with Gasteiger partial charge in [0, 0.05) is 12.4 Å². The van der Waals surface area contributed by atoms with E-state index in [9.17, 15) is 22.8 Å². The van der Waals surface area contributed by atoms with Gasteiger partial charge in [-0.15, -0.1) is 0 Å². The predicted octanol–water partition coefficient (Wildman–Crippen LogP) is 1.88. The van der Waals surface area contributed by atoms with E-state index >= 15 is 0 Å². The molecular weight excluding hydrogens is 313 g/mol. The molecule has 2 N–H and O–H groups in total. The molecule has 0 atom stereocenters. The van der Waals surface area contributed by atoms with E-state index in [-0.39, 0.29) is 0 Å². The van der Waals surface area contributed by atoms with Gasteiger partial charge in [0.2, 0.25) is 11.8 Å². The van der Waals surface area contributed by atoms with Crippen molar-refractivity contribution >= 4 is 17.5 Å². The van der Waals surface area contributed by atoms with Crippen molar-refractivity contribution in [2.45, 2.75) is 12.6 Å². The molecule has 2 rings (SSSR count). The molecule has 1 aromatic heterocycles. The minimum Gasteiger partial charge on any atom is -0.347 e. The minimum atomic E-state index is -4.51. The number of nitrogens with one attached hydrogen (secondary N) is 2. The van der Waals surface area contributed by atoms with Crippen LogP contribution in [0.1, 0.15) is 6.42 Å². The fourth-order valence-corrected chi connectivity index (χ4v) is 1.81. The van der Waals surface area contributed by atoms with E-state index in [0.29, 0.717) is 11.4 Å². The van der Waals surface area contributed by atoms with Crippen LogP contribution in [0.15, 0.2) is 43.0 Å². The van der Waals surface area contributed by atoms with Gasteiger partial charge in [-0.2, -0.15) is 13.2 Å². The zero-order valence-corrected chi connectivity index (χ0v) is 11.8. The van der Waals surface area contributed by atoms with Gasteiger partial charge in [0.05, 0.1) is 17.7 Å². The van der Waals surface area contributed by atoms with E-state index < -0.39 is 31.0 Å². The average molecular weight is 326 g/mol. The van der Waals surface area contributed by atoms with Crippen molar-refractivity contribution in [2.24, 2.45) is 0 Å². The van der Waals surface area contributed by atoms with Gasteiger partial charge in [0.15, 0.2) is 0 Å². The van der Waals surface area contributed by atoms with Crippen LogP contribution in [-0.4, -0.2) is 34.1 Å². The van der Waals surface area contributed by atoms with Crippen LogP contribution >= 0.6 is 0 Å². The number of hydrogen-bond acceptors (Lipinski definition) is 3. The van der Waals surface area contributed by atoms with Crippen LogP contribution < -0.4 is 10.6 Å². The number of alkyl halides is 3. The van der Waals surface area contributed by atoms with Gasteiger partial charge in [-0.05, 0) is 12.1 Å². The van der Waals surface area contributed by atoms with E-state index in [1.807, 2.05) is 0 Å². The number of rotatable bonds is 5. The normalized spacial score (nSPS) is 11.1. The van der Waals surface area contributed by atoms with Crippen LogP contribution in [0.3, 0.4) is 0 Å². The quantitative estimate of drug-likeness (QED) is 0.824. The second kappa shape index (κ2) is 6.95. The molecule has 0 bridgehead atoms. The van der Waals surface area contributed by atoms with Crippen LogP contribution in [0.5, 0.6) is 0 Å². The molecule has 0 saturated heterocycles. The van der Waals surface area contributed by atoms with Crippen LogP contribution in [0.2, 0.25) is 0 Å². The Bertz CT molecular complexity index is 684. The Morgan fingerprint density at radius 3 is 2.57 bits per heavy atom. The van der Waals surface area contributed by atoms with Crippen molar-refractivity contribution in [3.05, 3.63) is 43.0 Å². The second-order valence-corrected chi connectivity index (χ2v) is 4.60. The number of imidazole rings is 1. The molecule has 122 valence electrons. The predicted molar refractivity (Wildman–Crippen MR) is 75.9 cm³/mol. The zero-order valence-electron chi connectivity index (χ0n) is 11.8. The molecule has 9 heteroatoms. The first-order valence-corrected chi connectivity index (χ1v) is 6.56. The first-order valence-electron chi connectivity index (χ1n) is 6.56. The van der Waals surface area contributed by atoms with Gasteiger partial charge in [-0.1, -0.05) is 12.1 Å². The third-order valence-electron chi connectivity index (χ3n) is 2.77. The van der Waals surface area contributed by atoms with Gasteiger partial charge < -0.3 is 15.2 Å². The number of aromatic nitrogens is 2. The monoisotopic (exact) mass is 326 g/mol. The molecule has 2 amide bonds. The van der Waals surface area contributed by atoms with Gasteiger partial charge >= 0.3 is 6.18 Å². The fraction of sp³-hybridized carbons (Fsp3) is 0.214. The topological polar surface area (TPSA) is 76.0 Å². The molecule has 0 unspecified atom stereocenters. The Morgan fingerprint density at radius 2 is 1.91 bits per heavy atom.